The number of anilines is 1. The quantitative estimate of drug-likeness (QED) is 0.890. The first kappa shape index (κ1) is 14.1. The van der Waals surface area contributed by atoms with E-state index in [2.05, 4.69) is 26.6 Å². The maximum atomic E-state index is 12.0. The Morgan fingerprint density at radius 2 is 2.16 bits per heavy atom. The second-order valence-electron chi connectivity index (χ2n) is 4.19. The minimum Gasteiger partial charge on any atom is -0.388 e. The minimum absolute atomic E-state index is 0.0460. The molecular formula is C14H15BrN2OS. The number of hydrogen-bond donors (Lipinski definition) is 2. The topological polar surface area (TPSA) is 41.1 Å². The molecule has 0 fully saturated rings. The summed E-state index contributed by atoms with van der Waals surface area (Å²) in [7, 11) is 1.87. The lowest BCUT2D eigenvalue weighted by Gasteiger charge is -2.08. The highest BCUT2D eigenvalue weighted by atomic mass is 79.9. The number of thiophene rings is 1. The maximum absolute atomic E-state index is 12.0. The van der Waals surface area contributed by atoms with E-state index in [-0.39, 0.29) is 5.91 Å². The van der Waals surface area contributed by atoms with Gasteiger partial charge in [0.15, 0.2) is 0 Å². The molecule has 2 rings (SSSR count). The first-order chi connectivity index (χ1) is 9.10. The molecule has 0 aliphatic heterocycles. The summed E-state index contributed by atoms with van der Waals surface area (Å²) in [5.74, 6) is -0.0460. The summed E-state index contributed by atoms with van der Waals surface area (Å²) < 4.78 is 1.05. The molecule has 1 aromatic heterocycles. The molecule has 0 bridgehead atoms. The van der Waals surface area contributed by atoms with Gasteiger partial charge in [-0.2, -0.15) is 0 Å². The molecule has 0 saturated heterocycles. The van der Waals surface area contributed by atoms with Gasteiger partial charge in [-0.3, -0.25) is 4.79 Å². The molecule has 0 aliphatic carbocycles. The molecule has 0 aliphatic rings. The average Bonchev–Trinajstić information content (AvgIpc) is 2.81. The number of nitrogens with one attached hydrogen (secondary N) is 2. The Bertz CT molecular complexity index is 595. The van der Waals surface area contributed by atoms with Crippen LogP contribution in [0.3, 0.4) is 0 Å². The molecule has 19 heavy (non-hydrogen) atoms. The van der Waals surface area contributed by atoms with Crippen LogP contribution in [0.15, 0.2) is 34.1 Å². The van der Waals surface area contributed by atoms with Crippen LogP contribution in [0.25, 0.3) is 0 Å². The highest BCUT2D eigenvalue weighted by Gasteiger charge is 2.07. The summed E-state index contributed by atoms with van der Waals surface area (Å²) in [5, 5.41) is 8.02. The van der Waals surface area contributed by atoms with Gasteiger partial charge in [0, 0.05) is 33.0 Å². The highest BCUT2D eigenvalue weighted by molar-refractivity contribution is 9.10. The predicted molar refractivity (Wildman–Crippen MR) is 83.9 cm³/mol. The monoisotopic (exact) mass is 338 g/mol. The van der Waals surface area contributed by atoms with Gasteiger partial charge in [0.05, 0.1) is 6.54 Å². The molecule has 1 heterocycles. The molecule has 0 atom stereocenters. The van der Waals surface area contributed by atoms with Crippen LogP contribution >= 0.6 is 27.3 Å². The number of rotatable bonds is 4. The normalized spacial score (nSPS) is 10.3. The van der Waals surface area contributed by atoms with Crippen molar-refractivity contribution in [2.45, 2.75) is 13.5 Å². The van der Waals surface area contributed by atoms with Crippen LogP contribution in [0.5, 0.6) is 0 Å². The second kappa shape index (κ2) is 6.21. The summed E-state index contributed by atoms with van der Waals surface area (Å²) in [6.45, 7) is 2.54. The van der Waals surface area contributed by atoms with Crippen LogP contribution in [-0.4, -0.2) is 13.0 Å². The van der Waals surface area contributed by atoms with Crippen LogP contribution in [0, 0.1) is 6.92 Å². The SMILES string of the molecule is CNc1ccc(C(=O)NCc2cc(Br)cs2)cc1C. The summed E-state index contributed by atoms with van der Waals surface area (Å²) in [4.78, 5) is 13.2. The third-order valence-corrected chi connectivity index (χ3v) is 4.50. The van der Waals surface area contributed by atoms with E-state index >= 15 is 0 Å². The van der Waals surface area contributed by atoms with E-state index in [4.69, 9.17) is 0 Å². The van der Waals surface area contributed by atoms with Gasteiger partial charge < -0.3 is 10.6 Å². The Morgan fingerprint density at radius 1 is 1.37 bits per heavy atom. The van der Waals surface area contributed by atoms with E-state index in [1.54, 1.807) is 11.3 Å². The van der Waals surface area contributed by atoms with Gasteiger partial charge >= 0.3 is 0 Å². The minimum atomic E-state index is -0.0460. The Morgan fingerprint density at radius 3 is 2.74 bits per heavy atom. The van der Waals surface area contributed by atoms with E-state index in [1.165, 1.54) is 0 Å². The van der Waals surface area contributed by atoms with Gasteiger partial charge in [-0.15, -0.1) is 11.3 Å². The summed E-state index contributed by atoms with van der Waals surface area (Å²) in [6.07, 6.45) is 0. The number of carbonyl (C=O) groups is 1. The molecular weight excluding hydrogens is 324 g/mol. The zero-order valence-corrected chi connectivity index (χ0v) is 13.2. The van der Waals surface area contributed by atoms with Crippen LogP contribution in [0.4, 0.5) is 5.69 Å². The molecule has 0 spiro atoms. The van der Waals surface area contributed by atoms with E-state index in [1.807, 2.05) is 43.6 Å². The maximum Gasteiger partial charge on any atom is 0.251 e. The fourth-order valence-corrected chi connectivity index (χ4v) is 3.19. The average molecular weight is 339 g/mol. The number of aryl methyl sites for hydroxylation is 1. The fourth-order valence-electron chi connectivity index (χ4n) is 1.80. The van der Waals surface area contributed by atoms with E-state index in [0.29, 0.717) is 12.1 Å². The summed E-state index contributed by atoms with van der Waals surface area (Å²) >= 11 is 5.02. The van der Waals surface area contributed by atoms with Gasteiger partial charge in [0.2, 0.25) is 0 Å². The van der Waals surface area contributed by atoms with Crippen molar-refractivity contribution in [1.82, 2.24) is 5.32 Å². The fraction of sp³-hybridized carbons (Fsp3) is 0.214. The van der Waals surface area contributed by atoms with E-state index in [0.717, 1.165) is 20.6 Å². The third kappa shape index (κ3) is 3.58. The smallest absolute Gasteiger partial charge is 0.251 e. The number of halogens is 1. The molecule has 5 heteroatoms. The van der Waals surface area contributed by atoms with Crippen LogP contribution in [-0.2, 0) is 6.54 Å². The Hall–Kier alpha value is -1.33. The highest BCUT2D eigenvalue weighted by Crippen LogP contribution is 2.20. The zero-order valence-electron chi connectivity index (χ0n) is 10.8. The first-order valence-electron chi connectivity index (χ1n) is 5.89. The Balaban J connectivity index is 2.01. The lowest BCUT2D eigenvalue weighted by molar-refractivity contribution is 0.0951. The van der Waals surface area contributed by atoms with Crippen LogP contribution in [0.2, 0.25) is 0 Å². The zero-order chi connectivity index (χ0) is 13.8. The molecule has 1 amide bonds. The number of benzene rings is 1. The molecule has 0 unspecified atom stereocenters. The van der Waals surface area contributed by atoms with Crippen molar-refractivity contribution in [3.05, 3.63) is 50.1 Å². The third-order valence-electron chi connectivity index (χ3n) is 2.80. The van der Waals surface area contributed by atoms with Crippen LogP contribution < -0.4 is 10.6 Å². The van der Waals surface area contributed by atoms with Crippen molar-refractivity contribution in [2.75, 3.05) is 12.4 Å². The van der Waals surface area contributed by atoms with Crippen molar-refractivity contribution in [2.24, 2.45) is 0 Å². The molecule has 0 radical (unpaired) electrons. The molecule has 3 nitrogen and oxygen atoms in total. The lowest BCUT2D eigenvalue weighted by atomic mass is 10.1. The molecule has 1 aromatic carbocycles. The van der Waals surface area contributed by atoms with Gasteiger partial charge in [0.25, 0.3) is 5.91 Å². The van der Waals surface area contributed by atoms with E-state index < -0.39 is 0 Å². The molecule has 2 N–H and O–H groups in total. The number of hydrogen-bond acceptors (Lipinski definition) is 3. The van der Waals surface area contributed by atoms with Crippen molar-refractivity contribution in [3.63, 3.8) is 0 Å². The Labute approximate surface area is 125 Å². The van der Waals surface area contributed by atoms with Gasteiger partial charge in [0.1, 0.15) is 0 Å². The molecule has 100 valence electrons. The van der Waals surface area contributed by atoms with Crippen molar-refractivity contribution in [3.8, 4) is 0 Å². The molecule has 0 saturated carbocycles. The van der Waals surface area contributed by atoms with Crippen molar-refractivity contribution in [1.29, 1.82) is 0 Å². The van der Waals surface area contributed by atoms with Crippen molar-refractivity contribution < 1.29 is 4.79 Å². The van der Waals surface area contributed by atoms with Gasteiger partial charge in [-0.25, -0.2) is 0 Å². The molecule has 2 aromatic rings. The lowest BCUT2D eigenvalue weighted by Crippen LogP contribution is -2.22. The van der Waals surface area contributed by atoms with E-state index in [9.17, 15) is 4.79 Å². The predicted octanol–water partition coefficient (Wildman–Crippen LogP) is 3.79. The summed E-state index contributed by atoms with van der Waals surface area (Å²) in [5.41, 5.74) is 2.79. The second-order valence-corrected chi connectivity index (χ2v) is 6.11. The first-order valence-corrected chi connectivity index (χ1v) is 7.57. The number of amides is 1. The largest absolute Gasteiger partial charge is 0.388 e. The van der Waals surface area contributed by atoms with Gasteiger partial charge in [-0.05, 0) is 52.7 Å². The summed E-state index contributed by atoms with van der Waals surface area (Å²) in [6, 6.07) is 7.66. The number of carbonyl (C=O) groups excluding carboxylic acids is 1. The van der Waals surface area contributed by atoms with Gasteiger partial charge in [-0.1, -0.05) is 0 Å². The standard InChI is InChI=1S/C14H15BrN2OS/c1-9-5-10(3-4-13(9)16-2)14(18)17-7-12-6-11(15)8-19-12/h3-6,8,16H,7H2,1-2H3,(H,17,18). The van der Waals surface area contributed by atoms with Crippen molar-refractivity contribution >= 4 is 38.9 Å². The van der Waals surface area contributed by atoms with Crippen LogP contribution in [0.1, 0.15) is 20.8 Å². The Kier molecular flexibility index (Phi) is 4.61.